The van der Waals surface area contributed by atoms with Crippen LogP contribution in [0.4, 0.5) is 0 Å². The Balaban J connectivity index is 1.79. The monoisotopic (exact) mass is 325 g/mol. The van der Waals surface area contributed by atoms with Gasteiger partial charge in [0.15, 0.2) is 0 Å². The number of nitrogens with two attached hydrogens (primary N) is 1. The van der Waals surface area contributed by atoms with Gasteiger partial charge in [-0.3, -0.25) is 9.48 Å². The second-order valence-corrected chi connectivity index (χ2v) is 6.84. The lowest BCUT2D eigenvalue weighted by Gasteiger charge is -2.26. The van der Waals surface area contributed by atoms with Crippen LogP contribution in [-0.4, -0.2) is 21.6 Å². The van der Waals surface area contributed by atoms with E-state index in [1.807, 2.05) is 14.0 Å². The summed E-state index contributed by atoms with van der Waals surface area (Å²) in [4.78, 5) is 12.6. The number of hydrogen-bond donors (Lipinski definition) is 1. The van der Waals surface area contributed by atoms with Crippen LogP contribution in [0.5, 0.6) is 0 Å². The van der Waals surface area contributed by atoms with E-state index in [-0.39, 0.29) is 12.0 Å². The van der Waals surface area contributed by atoms with E-state index in [9.17, 15) is 4.79 Å². The quantitative estimate of drug-likeness (QED) is 0.924. The fraction of sp³-hybridized carbons (Fsp3) is 0.714. The third-order valence-corrected chi connectivity index (χ3v) is 5.99. The summed E-state index contributed by atoms with van der Waals surface area (Å²) in [7, 11) is 1.89. The van der Waals surface area contributed by atoms with Crippen molar-refractivity contribution in [2.75, 3.05) is 0 Å². The molecule has 4 nitrogen and oxygen atoms in total. The molecule has 0 amide bonds. The van der Waals surface area contributed by atoms with Crippen LogP contribution in [0.3, 0.4) is 0 Å². The molecule has 1 aromatic rings. The second-order valence-electron chi connectivity index (χ2n) is 6.05. The number of Topliss-reactive ketones (excluding diaryl/α,β-unsaturated/α-hetero) is 1. The lowest BCUT2D eigenvalue weighted by atomic mass is 9.81. The Hall–Kier alpha value is -0.680. The van der Waals surface area contributed by atoms with Gasteiger partial charge in [-0.1, -0.05) is 0 Å². The molecule has 0 aromatic carbocycles. The molecule has 2 aliphatic rings. The Kier molecular flexibility index (Phi) is 3.29. The minimum atomic E-state index is 0.0702. The van der Waals surface area contributed by atoms with Crippen LogP contribution in [0.1, 0.15) is 30.7 Å². The molecule has 0 saturated heterocycles. The van der Waals surface area contributed by atoms with Crippen LogP contribution < -0.4 is 5.73 Å². The molecule has 4 atom stereocenters. The summed E-state index contributed by atoms with van der Waals surface area (Å²) in [6, 6.07) is 0.0827. The Morgan fingerprint density at radius 2 is 2.16 bits per heavy atom. The van der Waals surface area contributed by atoms with Crippen LogP contribution in [0.2, 0.25) is 0 Å². The van der Waals surface area contributed by atoms with Crippen LogP contribution in [0, 0.1) is 24.7 Å². The van der Waals surface area contributed by atoms with Gasteiger partial charge < -0.3 is 5.73 Å². The largest absolute Gasteiger partial charge is 0.327 e. The molecule has 1 heterocycles. The van der Waals surface area contributed by atoms with Crippen LogP contribution >= 0.6 is 15.9 Å². The molecule has 2 bridgehead atoms. The molecular weight excluding hydrogens is 306 g/mol. The van der Waals surface area contributed by atoms with Crippen molar-refractivity contribution in [3.8, 4) is 0 Å². The highest BCUT2D eigenvalue weighted by Crippen LogP contribution is 2.48. The zero-order valence-electron chi connectivity index (χ0n) is 11.4. The first-order valence-electron chi connectivity index (χ1n) is 6.95. The van der Waals surface area contributed by atoms with Crippen molar-refractivity contribution in [1.29, 1.82) is 0 Å². The molecule has 0 aliphatic heterocycles. The Bertz CT molecular complexity index is 523. The van der Waals surface area contributed by atoms with E-state index in [0.717, 1.165) is 22.3 Å². The summed E-state index contributed by atoms with van der Waals surface area (Å²) in [5.74, 6) is 1.47. The normalized spacial score (nSPS) is 33.1. The smallest absolute Gasteiger partial charge is 0.143 e. The number of rotatable bonds is 3. The van der Waals surface area contributed by atoms with E-state index in [2.05, 4.69) is 21.0 Å². The summed E-state index contributed by atoms with van der Waals surface area (Å²) in [6.07, 6.45) is 3.99. The average molecular weight is 326 g/mol. The highest BCUT2D eigenvalue weighted by Gasteiger charge is 2.48. The number of carbonyl (C=O) groups is 1. The second kappa shape index (κ2) is 4.70. The first kappa shape index (κ1) is 13.3. The molecule has 104 valence electrons. The molecule has 0 radical (unpaired) electrons. The predicted octanol–water partition coefficient (Wildman–Crippen LogP) is 1.98. The predicted molar refractivity (Wildman–Crippen MR) is 76.7 cm³/mol. The molecule has 2 fully saturated rings. The Labute approximate surface area is 121 Å². The highest BCUT2D eigenvalue weighted by molar-refractivity contribution is 9.10. The zero-order valence-corrected chi connectivity index (χ0v) is 13.0. The number of ketones is 1. The van der Waals surface area contributed by atoms with Crippen molar-refractivity contribution in [3.63, 3.8) is 0 Å². The van der Waals surface area contributed by atoms with Crippen molar-refractivity contribution >= 4 is 21.7 Å². The van der Waals surface area contributed by atoms with Crippen molar-refractivity contribution in [2.45, 2.75) is 38.6 Å². The number of aromatic nitrogens is 2. The first-order chi connectivity index (χ1) is 8.99. The minimum absolute atomic E-state index is 0.0702. The lowest BCUT2D eigenvalue weighted by Crippen LogP contribution is -2.41. The van der Waals surface area contributed by atoms with E-state index in [4.69, 9.17) is 5.73 Å². The van der Waals surface area contributed by atoms with Crippen molar-refractivity contribution in [3.05, 3.63) is 15.9 Å². The fourth-order valence-electron chi connectivity index (χ4n) is 3.97. The number of fused-ring (bicyclic) bond motifs is 2. The molecule has 4 unspecified atom stereocenters. The number of halogens is 1. The summed E-state index contributed by atoms with van der Waals surface area (Å²) >= 11 is 3.53. The molecular formula is C14H20BrN3O. The average Bonchev–Trinajstić information content (AvgIpc) is 3.00. The first-order valence-corrected chi connectivity index (χ1v) is 7.74. The van der Waals surface area contributed by atoms with Crippen LogP contribution in [0.25, 0.3) is 0 Å². The van der Waals surface area contributed by atoms with Gasteiger partial charge in [-0.2, -0.15) is 5.10 Å². The van der Waals surface area contributed by atoms with Gasteiger partial charge in [0.2, 0.25) is 0 Å². The third-order valence-electron chi connectivity index (χ3n) is 4.96. The van der Waals surface area contributed by atoms with Gasteiger partial charge in [-0.15, -0.1) is 0 Å². The van der Waals surface area contributed by atoms with E-state index in [1.165, 1.54) is 12.8 Å². The number of carbonyl (C=O) groups excluding carboxylic acids is 1. The van der Waals surface area contributed by atoms with Crippen molar-refractivity contribution in [1.82, 2.24) is 9.78 Å². The molecule has 2 aliphatic carbocycles. The van der Waals surface area contributed by atoms with Gasteiger partial charge in [-0.05, 0) is 54.0 Å². The van der Waals surface area contributed by atoms with Gasteiger partial charge in [0.05, 0.1) is 15.9 Å². The summed E-state index contributed by atoms with van der Waals surface area (Å²) < 4.78 is 2.76. The maximum Gasteiger partial charge on any atom is 0.143 e. The third kappa shape index (κ3) is 2.07. The summed E-state index contributed by atoms with van der Waals surface area (Å²) in [6.45, 7) is 1.95. The maximum absolute atomic E-state index is 12.6. The molecule has 0 spiro atoms. The van der Waals surface area contributed by atoms with Crippen LogP contribution in [0.15, 0.2) is 4.47 Å². The van der Waals surface area contributed by atoms with Gasteiger partial charge >= 0.3 is 0 Å². The highest BCUT2D eigenvalue weighted by atomic mass is 79.9. The Morgan fingerprint density at radius 1 is 1.47 bits per heavy atom. The van der Waals surface area contributed by atoms with E-state index < -0.39 is 0 Å². The minimum Gasteiger partial charge on any atom is -0.327 e. The zero-order chi connectivity index (χ0) is 13.7. The van der Waals surface area contributed by atoms with E-state index in [0.29, 0.717) is 24.0 Å². The van der Waals surface area contributed by atoms with Gasteiger partial charge in [-0.25, -0.2) is 0 Å². The van der Waals surface area contributed by atoms with Crippen molar-refractivity contribution in [2.24, 2.45) is 30.5 Å². The summed E-state index contributed by atoms with van der Waals surface area (Å²) in [5, 5.41) is 4.34. The SMILES string of the molecule is Cc1nn(C)c(CC(=O)C2C3CCC(C3)C2N)c1Br. The number of nitrogens with zero attached hydrogens (tertiary/aromatic N) is 2. The number of hydrogen-bond acceptors (Lipinski definition) is 3. The van der Waals surface area contributed by atoms with E-state index in [1.54, 1.807) is 4.68 Å². The molecule has 5 heteroatoms. The standard InChI is InChI=1S/C14H20BrN3O/c1-7-13(15)10(18(2)17-7)6-11(19)12-8-3-4-9(5-8)14(12)16/h8-9,12,14H,3-6,16H2,1-2H3. The molecule has 1 aromatic heterocycles. The van der Waals surface area contributed by atoms with E-state index >= 15 is 0 Å². The summed E-state index contributed by atoms with van der Waals surface area (Å²) in [5.41, 5.74) is 8.15. The molecule has 2 N–H and O–H groups in total. The van der Waals surface area contributed by atoms with Gasteiger partial charge in [0.1, 0.15) is 5.78 Å². The Morgan fingerprint density at radius 3 is 2.68 bits per heavy atom. The van der Waals surface area contributed by atoms with Gasteiger partial charge in [0, 0.05) is 25.4 Å². The van der Waals surface area contributed by atoms with Crippen molar-refractivity contribution < 1.29 is 4.79 Å². The number of aryl methyl sites for hydroxylation is 2. The molecule has 3 rings (SSSR count). The molecule has 19 heavy (non-hydrogen) atoms. The van der Waals surface area contributed by atoms with Gasteiger partial charge in [0.25, 0.3) is 0 Å². The topological polar surface area (TPSA) is 60.9 Å². The van der Waals surface area contributed by atoms with Crippen LogP contribution in [-0.2, 0) is 18.3 Å². The fourth-order valence-corrected chi connectivity index (χ4v) is 4.44. The maximum atomic E-state index is 12.6. The molecule has 2 saturated carbocycles. The lowest BCUT2D eigenvalue weighted by molar-refractivity contribution is -0.124.